The lowest BCUT2D eigenvalue weighted by molar-refractivity contribution is 0.129. The summed E-state index contributed by atoms with van der Waals surface area (Å²) in [6, 6.07) is 72.6. The van der Waals surface area contributed by atoms with Gasteiger partial charge >= 0.3 is 0 Å². The zero-order valence-corrected chi connectivity index (χ0v) is 68.1. The quantitative estimate of drug-likeness (QED) is 0.0458. The Morgan fingerprint density at radius 2 is 0.752 bits per heavy atom. The Kier molecular flexibility index (Phi) is 45.2. The van der Waals surface area contributed by atoms with Crippen LogP contribution in [0.3, 0.4) is 0 Å². The normalized spacial score (nSPS) is 12.0. The molecule has 11 aromatic rings. The molecule has 0 aliphatic rings. The zero-order valence-electron chi connectivity index (χ0n) is 66.5. The fraction of sp³-hybridized carbons (Fsp3) is 0.315. The summed E-state index contributed by atoms with van der Waals surface area (Å²) in [5, 5.41) is 3.52. The van der Waals surface area contributed by atoms with Crippen molar-refractivity contribution < 1.29 is 33.2 Å². The summed E-state index contributed by atoms with van der Waals surface area (Å²) in [7, 11) is 15.4. The maximum Gasteiger partial charge on any atom is 0.212 e. The molecule has 580 valence electrons. The van der Waals surface area contributed by atoms with Gasteiger partial charge in [0.25, 0.3) is 0 Å². The molecule has 20 heteroatoms. The van der Waals surface area contributed by atoms with E-state index in [1.54, 1.807) is 92.9 Å². The molecular formula is C89H115BrN12O7. The molecule has 4 unspecified atom stereocenters. The number of halogens is 1. The average molecular weight is 1540 g/mol. The molecule has 0 aliphatic carbocycles. The topological polar surface area (TPSA) is 225 Å². The van der Waals surface area contributed by atoms with Crippen molar-refractivity contribution >= 4 is 22.0 Å². The molecule has 7 aromatic heterocycles. The van der Waals surface area contributed by atoms with Crippen LogP contribution < -0.4 is 49.9 Å². The Balaban J connectivity index is 0.000000272. The number of aromatic nitrogens is 7. The Labute approximate surface area is 657 Å². The molecule has 5 N–H and O–H groups in total. The van der Waals surface area contributed by atoms with Gasteiger partial charge in [-0.3, -0.25) is 4.90 Å². The molecule has 0 saturated carbocycles. The fourth-order valence-electron chi connectivity index (χ4n) is 10.6. The number of benzene rings is 4. The predicted octanol–water partition coefficient (Wildman–Crippen LogP) is 19.5. The van der Waals surface area contributed by atoms with Crippen LogP contribution in [0.4, 0.5) is 0 Å². The average Bonchev–Trinajstić information content (AvgIpc) is 0.809. The largest absolute Gasteiger partial charge is 0.481 e. The van der Waals surface area contributed by atoms with Gasteiger partial charge in [-0.2, -0.15) is 0 Å². The van der Waals surface area contributed by atoms with Gasteiger partial charge in [-0.05, 0) is 145 Å². The molecule has 4 aromatic carbocycles. The van der Waals surface area contributed by atoms with Gasteiger partial charge < -0.3 is 54.8 Å². The number of hydrogen-bond donors (Lipinski definition) is 3. The number of pyridine rings is 7. The lowest BCUT2D eigenvalue weighted by Gasteiger charge is -2.37. The number of nitrogens with zero attached hydrogens (tertiary/aromatic N) is 9. The van der Waals surface area contributed by atoms with Gasteiger partial charge in [0.15, 0.2) is 0 Å². The molecule has 0 spiro atoms. The van der Waals surface area contributed by atoms with Crippen molar-refractivity contribution in [3.8, 4) is 41.2 Å². The van der Waals surface area contributed by atoms with Gasteiger partial charge in [0.1, 0.15) is 0 Å². The van der Waals surface area contributed by atoms with E-state index in [4.69, 9.17) is 44.6 Å². The van der Waals surface area contributed by atoms with E-state index in [2.05, 4.69) is 243 Å². The van der Waals surface area contributed by atoms with Gasteiger partial charge in [-0.25, -0.2) is 34.9 Å². The van der Waals surface area contributed by atoms with Crippen LogP contribution in [-0.4, -0.2) is 109 Å². The lowest BCUT2D eigenvalue weighted by atomic mass is 9.98. The zero-order chi connectivity index (χ0) is 79.4. The van der Waals surface area contributed by atoms with Gasteiger partial charge in [0, 0.05) is 140 Å². The highest BCUT2D eigenvalue weighted by Gasteiger charge is 2.26. The molecule has 0 bridgehead atoms. The van der Waals surface area contributed by atoms with Crippen molar-refractivity contribution in [3.63, 3.8) is 0 Å². The van der Waals surface area contributed by atoms with Crippen molar-refractivity contribution in [2.24, 2.45) is 11.5 Å². The molecule has 0 radical (unpaired) electrons. The fourth-order valence-corrected chi connectivity index (χ4v) is 10.9. The first-order valence-corrected chi connectivity index (χ1v) is 37.3. The van der Waals surface area contributed by atoms with Crippen molar-refractivity contribution in [2.75, 3.05) is 63.9 Å². The summed E-state index contributed by atoms with van der Waals surface area (Å²) < 4.78 is 35.6. The van der Waals surface area contributed by atoms with Crippen LogP contribution in [0.15, 0.2) is 266 Å². The number of nitrogens with two attached hydrogens (primary N) is 2. The third-order valence-electron chi connectivity index (χ3n) is 17.0. The van der Waals surface area contributed by atoms with Crippen molar-refractivity contribution in [1.82, 2.24) is 50.0 Å². The number of nitrogens with one attached hydrogen (secondary N) is 1. The second-order valence-corrected chi connectivity index (χ2v) is 25.6. The maximum absolute atomic E-state index is 5.80. The number of rotatable bonds is 26. The minimum absolute atomic E-state index is 0.0865. The number of allylic oxidation sites excluding steroid dienone is 1. The Bertz CT molecular complexity index is 4010. The summed E-state index contributed by atoms with van der Waals surface area (Å²) in [4.78, 5) is 33.4. The Morgan fingerprint density at radius 1 is 0.385 bits per heavy atom. The molecule has 11 rings (SSSR count). The third-order valence-corrected chi connectivity index (χ3v) is 17.5. The predicted molar refractivity (Wildman–Crippen MR) is 447 cm³/mol. The lowest BCUT2D eigenvalue weighted by Crippen LogP contribution is -2.31. The van der Waals surface area contributed by atoms with Crippen molar-refractivity contribution in [1.29, 1.82) is 0 Å². The number of ether oxygens (including phenoxy) is 7. The SMILES string of the molecule is C/C=C/c1ccc(OC)nc1.CC(NCc1ccccc1)c1ccccc1.CCC(N)c1ccc(OC)nc1.CCC(c1ccc(OC)nc1)N(C)C.CC[C@@H](c1ccc(OC)nc1)N(Cc1ccccc1)C(C)c1ccccc1.CC[C@H](N)c1ccc(OC)nc1.COc1ccc(Br)cn1.COc1ccccn1. The van der Waals surface area contributed by atoms with Crippen LogP contribution in [0.1, 0.15) is 160 Å². The highest BCUT2D eigenvalue weighted by atomic mass is 79.9. The monoisotopic (exact) mass is 1540 g/mol. The Hall–Kier alpha value is -10.5. The van der Waals surface area contributed by atoms with E-state index >= 15 is 0 Å². The summed E-state index contributed by atoms with van der Waals surface area (Å²) in [5.74, 6) is 4.52. The molecule has 109 heavy (non-hydrogen) atoms. The first kappa shape index (κ1) is 90.9. The van der Waals surface area contributed by atoms with Gasteiger partial charge in [-0.1, -0.05) is 192 Å². The van der Waals surface area contributed by atoms with Crippen LogP contribution in [0.2, 0.25) is 0 Å². The van der Waals surface area contributed by atoms with E-state index in [1.807, 2.05) is 110 Å². The summed E-state index contributed by atoms with van der Waals surface area (Å²) in [5.41, 5.74) is 22.6. The summed E-state index contributed by atoms with van der Waals surface area (Å²) >= 11 is 3.26. The first-order chi connectivity index (χ1) is 52.9. The van der Waals surface area contributed by atoms with Crippen LogP contribution in [-0.2, 0) is 13.1 Å². The molecule has 0 fully saturated rings. The standard InChI is InChI=1S/C24H28N2O.C15H17N.C11H18N2O.2C9H14N2O.C9H11NO.C6H6BrNO.C6H7NO/c1-4-23(22-15-16-24(27-3)25-17-22)26(18-20-11-7-5-8-12-20)19(2)21-13-9-6-10-14-21;1-13(15-10-6-3-7-11-15)16-12-14-8-4-2-5-9-14;1-5-10(13(2)3)9-6-7-11(14-4)12-8-9;2*1-3-8(10)7-4-5-9(12-2)11-6-7;1-3-4-8-5-6-9(11-2)10-7-8;1-9-6-3-2-5(7)4-8-6;1-8-6-4-2-3-5-7-6/h5-17,19,23H,4,18H2,1-3H3;2-11,13,16H,12H2,1H3;6-8,10H,5H2,1-4H3;2*4-6,8H,3,10H2,1-2H3;3-7H,1-2H3;2-4H,1H3;2-5H,1H3/b;;;;;4-3+;;/t19?,23-;;;8-;;;;/m0..0..../s1. The molecule has 19 nitrogen and oxygen atoms in total. The molecule has 0 saturated heterocycles. The van der Waals surface area contributed by atoms with Crippen molar-refractivity contribution in [2.45, 2.75) is 123 Å². The molecule has 6 atom stereocenters. The van der Waals surface area contributed by atoms with Gasteiger partial charge in [0.2, 0.25) is 41.2 Å². The minimum atomic E-state index is 0.0865. The number of hydrogen-bond acceptors (Lipinski definition) is 19. The van der Waals surface area contributed by atoms with E-state index in [0.29, 0.717) is 59.3 Å². The van der Waals surface area contributed by atoms with E-state index in [1.165, 1.54) is 33.4 Å². The molecular weight excluding hydrogens is 1430 g/mol. The summed E-state index contributed by atoms with van der Waals surface area (Å²) in [6.45, 7) is 16.8. The summed E-state index contributed by atoms with van der Waals surface area (Å²) in [6.07, 6.45) is 20.4. The molecule has 0 aliphatic heterocycles. The Morgan fingerprint density at radius 3 is 1.09 bits per heavy atom. The highest BCUT2D eigenvalue weighted by Crippen LogP contribution is 2.35. The van der Waals surface area contributed by atoms with E-state index < -0.39 is 0 Å². The van der Waals surface area contributed by atoms with Gasteiger partial charge in [-0.15, -0.1) is 0 Å². The first-order valence-electron chi connectivity index (χ1n) is 36.5. The van der Waals surface area contributed by atoms with E-state index in [-0.39, 0.29) is 18.1 Å². The van der Waals surface area contributed by atoms with E-state index in [0.717, 1.165) is 59.9 Å². The second-order valence-electron chi connectivity index (χ2n) is 24.6. The van der Waals surface area contributed by atoms with E-state index in [9.17, 15) is 0 Å². The minimum Gasteiger partial charge on any atom is -0.481 e. The molecule has 0 amide bonds. The van der Waals surface area contributed by atoms with Gasteiger partial charge in [0.05, 0.1) is 49.8 Å². The smallest absolute Gasteiger partial charge is 0.212 e. The maximum atomic E-state index is 5.80. The van der Waals surface area contributed by atoms with Crippen LogP contribution in [0.5, 0.6) is 41.2 Å². The number of methoxy groups -OCH3 is 7. The third kappa shape index (κ3) is 35.0. The second kappa shape index (κ2) is 54.2. The van der Waals surface area contributed by atoms with Crippen LogP contribution in [0.25, 0.3) is 6.08 Å². The highest BCUT2D eigenvalue weighted by molar-refractivity contribution is 9.10. The molecule has 7 heterocycles. The van der Waals surface area contributed by atoms with Crippen LogP contribution >= 0.6 is 15.9 Å². The van der Waals surface area contributed by atoms with Crippen LogP contribution in [0, 0.1) is 0 Å². The van der Waals surface area contributed by atoms with Crippen molar-refractivity contribution in [3.05, 3.63) is 316 Å².